The number of nitrogens with zero attached hydrogens (tertiary/aromatic N) is 2. The Kier molecular flexibility index (Phi) is 6.43. The second kappa shape index (κ2) is 8.07. The fraction of sp³-hybridized carbons (Fsp3) is 0.467. The number of ether oxygens (including phenoxy) is 1. The lowest BCUT2D eigenvalue weighted by Crippen LogP contribution is -2.34. The Morgan fingerprint density at radius 2 is 2.29 bits per heavy atom. The van der Waals surface area contributed by atoms with Gasteiger partial charge >= 0.3 is 11.9 Å². The summed E-state index contributed by atoms with van der Waals surface area (Å²) in [5, 5.41) is 9.17. The maximum Gasteiger partial charge on any atom is 0.339 e. The molecule has 114 valence electrons. The molecule has 0 aromatic carbocycles. The summed E-state index contributed by atoms with van der Waals surface area (Å²) in [5.74, 6) is -1.04. The molecule has 1 atom stereocenters. The zero-order chi connectivity index (χ0) is 15.8. The van der Waals surface area contributed by atoms with Gasteiger partial charge < -0.3 is 14.7 Å². The van der Waals surface area contributed by atoms with Crippen LogP contribution < -0.4 is 0 Å². The van der Waals surface area contributed by atoms with E-state index in [2.05, 4.69) is 17.3 Å². The van der Waals surface area contributed by atoms with Gasteiger partial charge in [-0.05, 0) is 26.7 Å². The summed E-state index contributed by atoms with van der Waals surface area (Å²) in [6.45, 7) is 7.82. The van der Waals surface area contributed by atoms with Gasteiger partial charge in [-0.2, -0.15) is 0 Å². The third kappa shape index (κ3) is 4.33. The number of esters is 1. The second-order valence-electron chi connectivity index (χ2n) is 4.41. The highest BCUT2D eigenvalue weighted by Crippen LogP contribution is 2.22. The maximum absolute atomic E-state index is 11.6. The van der Waals surface area contributed by atoms with E-state index in [1.54, 1.807) is 24.8 Å². The van der Waals surface area contributed by atoms with E-state index < -0.39 is 18.0 Å². The zero-order valence-electron chi connectivity index (χ0n) is 12.3. The summed E-state index contributed by atoms with van der Waals surface area (Å²) in [5.41, 5.74) is 2.93. The van der Waals surface area contributed by atoms with E-state index in [1.807, 2.05) is 0 Å². The van der Waals surface area contributed by atoms with Gasteiger partial charge in [-0.1, -0.05) is 18.4 Å². The van der Waals surface area contributed by atoms with Crippen molar-refractivity contribution < 1.29 is 19.4 Å². The molecular weight excluding hydrogens is 272 g/mol. The smallest absolute Gasteiger partial charge is 0.339 e. The Bertz CT molecular complexity index is 516. The lowest BCUT2D eigenvalue weighted by Gasteiger charge is -2.21. The van der Waals surface area contributed by atoms with Crippen LogP contribution in [-0.2, 0) is 14.3 Å². The van der Waals surface area contributed by atoms with Crippen LogP contribution in [-0.4, -0.2) is 47.4 Å². The van der Waals surface area contributed by atoms with Crippen molar-refractivity contribution in [1.82, 2.24) is 4.90 Å². The molecule has 6 heteroatoms. The van der Waals surface area contributed by atoms with Crippen molar-refractivity contribution in [3.8, 4) is 0 Å². The number of carboxylic acids is 1. The number of hydrogen-bond donors (Lipinski definition) is 1. The van der Waals surface area contributed by atoms with E-state index in [0.29, 0.717) is 24.4 Å². The summed E-state index contributed by atoms with van der Waals surface area (Å²) in [4.78, 5) is 28.6. The lowest BCUT2D eigenvalue weighted by atomic mass is 10.2. The number of carbonyl (C=O) groups is 2. The van der Waals surface area contributed by atoms with Crippen LogP contribution in [0.3, 0.4) is 0 Å². The highest BCUT2D eigenvalue weighted by Gasteiger charge is 2.31. The molecule has 1 rings (SSSR count). The number of rotatable bonds is 6. The molecule has 1 N–H and O–H groups in total. The minimum absolute atomic E-state index is 0.279. The minimum atomic E-state index is -0.896. The van der Waals surface area contributed by atoms with E-state index in [-0.39, 0.29) is 6.61 Å². The summed E-state index contributed by atoms with van der Waals surface area (Å²) in [7, 11) is 0. The molecule has 1 saturated heterocycles. The molecule has 6 nitrogen and oxygen atoms in total. The highest BCUT2D eigenvalue weighted by molar-refractivity contribution is 6.09. The van der Waals surface area contributed by atoms with Crippen LogP contribution in [0, 0.1) is 0 Å². The quantitative estimate of drug-likeness (QED) is 0.349. The van der Waals surface area contributed by atoms with Gasteiger partial charge in [-0.15, -0.1) is 0 Å². The van der Waals surface area contributed by atoms with Gasteiger partial charge in [0.05, 0.1) is 12.2 Å². The van der Waals surface area contributed by atoms with Gasteiger partial charge in [0.25, 0.3) is 0 Å². The Morgan fingerprint density at radius 3 is 2.81 bits per heavy atom. The average Bonchev–Trinajstić information content (AvgIpc) is 2.93. The number of aliphatic carboxylic acids is 1. The molecule has 0 aliphatic carbocycles. The summed E-state index contributed by atoms with van der Waals surface area (Å²) in [6.07, 6.45) is 4.26. The predicted octanol–water partition coefficient (Wildman–Crippen LogP) is 1.74. The van der Waals surface area contributed by atoms with Gasteiger partial charge in [0, 0.05) is 12.8 Å². The highest BCUT2D eigenvalue weighted by atomic mass is 16.5. The zero-order valence-corrected chi connectivity index (χ0v) is 12.3. The van der Waals surface area contributed by atoms with Crippen molar-refractivity contribution in [2.24, 2.45) is 4.99 Å². The first kappa shape index (κ1) is 16.7. The third-order valence-corrected chi connectivity index (χ3v) is 3.12. The number of hydrogen-bond acceptors (Lipinski definition) is 5. The number of likely N-dealkylation sites (tertiary alicyclic amines) is 1. The molecule has 1 aliphatic rings. The van der Waals surface area contributed by atoms with Crippen LogP contribution in [0.5, 0.6) is 0 Å². The molecule has 21 heavy (non-hydrogen) atoms. The normalized spacial score (nSPS) is 18.7. The molecule has 0 radical (unpaired) electrons. The summed E-state index contributed by atoms with van der Waals surface area (Å²) >= 11 is 0. The summed E-state index contributed by atoms with van der Waals surface area (Å²) in [6, 6.07) is -0.622. The molecule has 0 spiro atoms. The number of allylic oxidation sites excluding steroid dienone is 1. The lowest BCUT2D eigenvalue weighted by molar-refractivity contribution is -0.141. The standard InChI is InChI=1S/C15H20N2O4/c1-4-11(15(20)21-6-3)10-16-13(5-2)17-9-7-8-12(17)14(18)19/h4,10,12H,2,6-9H2,1,3H3,(H,18,19)/b11-4+,16-10?/t12-/m0/s1. The van der Waals surface area contributed by atoms with Crippen molar-refractivity contribution in [3.63, 3.8) is 0 Å². The van der Waals surface area contributed by atoms with Crippen LogP contribution in [0.2, 0.25) is 0 Å². The van der Waals surface area contributed by atoms with Crippen molar-refractivity contribution >= 4 is 18.2 Å². The monoisotopic (exact) mass is 292 g/mol. The van der Waals surface area contributed by atoms with E-state index in [0.717, 1.165) is 6.42 Å². The molecule has 0 saturated carbocycles. The van der Waals surface area contributed by atoms with Crippen molar-refractivity contribution in [3.05, 3.63) is 29.8 Å². The Morgan fingerprint density at radius 1 is 1.57 bits per heavy atom. The molecule has 0 aromatic rings. The predicted molar refractivity (Wildman–Crippen MR) is 78.9 cm³/mol. The molecule has 1 heterocycles. The fourth-order valence-corrected chi connectivity index (χ4v) is 2.09. The first-order valence-corrected chi connectivity index (χ1v) is 6.82. The Balaban J connectivity index is 2.87. The number of aliphatic imine (C=N–C) groups is 1. The molecule has 1 fully saturated rings. The SMILES string of the molecule is C=C=C(N=C/C(=C\C)C(=O)OCC)N1CCC[C@H]1C(=O)O. The van der Waals surface area contributed by atoms with Gasteiger partial charge in [-0.3, -0.25) is 0 Å². The molecule has 1 aliphatic heterocycles. The van der Waals surface area contributed by atoms with Crippen LogP contribution in [0.25, 0.3) is 0 Å². The van der Waals surface area contributed by atoms with Gasteiger partial charge in [0.2, 0.25) is 0 Å². The fourth-order valence-electron chi connectivity index (χ4n) is 2.09. The van der Waals surface area contributed by atoms with E-state index in [4.69, 9.17) is 9.84 Å². The van der Waals surface area contributed by atoms with Crippen LogP contribution in [0.1, 0.15) is 26.7 Å². The first-order valence-electron chi connectivity index (χ1n) is 6.82. The van der Waals surface area contributed by atoms with E-state index in [1.165, 1.54) is 6.21 Å². The Labute approximate surface area is 124 Å². The second-order valence-corrected chi connectivity index (χ2v) is 4.41. The van der Waals surface area contributed by atoms with E-state index in [9.17, 15) is 9.59 Å². The van der Waals surface area contributed by atoms with Crippen molar-refractivity contribution in [1.29, 1.82) is 0 Å². The van der Waals surface area contributed by atoms with Crippen LogP contribution in [0.15, 0.2) is 34.8 Å². The molecule has 0 bridgehead atoms. The van der Waals surface area contributed by atoms with Crippen LogP contribution in [0.4, 0.5) is 0 Å². The van der Waals surface area contributed by atoms with Crippen LogP contribution >= 0.6 is 0 Å². The van der Waals surface area contributed by atoms with Crippen molar-refractivity contribution in [2.75, 3.05) is 13.2 Å². The largest absolute Gasteiger partial charge is 0.480 e. The molecular formula is C15H20N2O4. The third-order valence-electron chi connectivity index (χ3n) is 3.12. The first-order chi connectivity index (χ1) is 10.0. The molecule has 0 aromatic heterocycles. The Hall–Kier alpha value is -2.33. The van der Waals surface area contributed by atoms with E-state index >= 15 is 0 Å². The maximum atomic E-state index is 11.6. The minimum Gasteiger partial charge on any atom is -0.480 e. The summed E-state index contributed by atoms with van der Waals surface area (Å²) < 4.78 is 4.89. The van der Waals surface area contributed by atoms with Gasteiger partial charge in [0.1, 0.15) is 6.04 Å². The van der Waals surface area contributed by atoms with Gasteiger partial charge in [0.15, 0.2) is 5.82 Å². The average molecular weight is 292 g/mol. The van der Waals surface area contributed by atoms with Crippen molar-refractivity contribution in [2.45, 2.75) is 32.7 Å². The molecule has 0 unspecified atom stereocenters. The number of carbonyl (C=O) groups excluding carboxylic acids is 1. The molecule has 0 amide bonds. The number of carboxylic acid groups (broad SMARTS) is 1. The topological polar surface area (TPSA) is 79.2 Å². The van der Waals surface area contributed by atoms with Gasteiger partial charge in [-0.25, -0.2) is 14.6 Å².